The largest absolute Gasteiger partial charge is 0.507 e. The van der Waals surface area contributed by atoms with Gasteiger partial charge in [0.2, 0.25) is 0 Å². The summed E-state index contributed by atoms with van der Waals surface area (Å²) in [5.41, 5.74) is 2.95. The third-order valence-corrected chi connectivity index (χ3v) is 3.08. The van der Waals surface area contributed by atoms with Crippen molar-refractivity contribution in [2.75, 3.05) is 7.11 Å². The molecule has 1 N–H and O–H groups in total. The van der Waals surface area contributed by atoms with Crippen LogP contribution in [0, 0.1) is 6.92 Å². The summed E-state index contributed by atoms with van der Waals surface area (Å²) in [7, 11) is 1.40. The van der Waals surface area contributed by atoms with Crippen LogP contribution in [0.2, 0.25) is 0 Å². The zero-order valence-electron chi connectivity index (χ0n) is 11.5. The summed E-state index contributed by atoms with van der Waals surface area (Å²) in [4.78, 5) is 11.1. The highest BCUT2D eigenvalue weighted by molar-refractivity contribution is 5.69. The van der Waals surface area contributed by atoms with Crippen molar-refractivity contribution in [2.24, 2.45) is 0 Å². The first kappa shape index (κ1) is 14.6. The Morgan fingerprint density at radius 2 is 2.06 bits per heavy atom. The summed E-state index contributed by atoms with van der Waals surface area (Å²) >= 11 is 0. The van der Waals surface area contributed by atoms with Crippen molar-refractivity contribution >= 4 is 5.97 Å². The molecule has 0 heterocycles. The van der Waals surface area contributed by atoms with Crippen LogP contribution in [0.4, 0.5) is 0 Å². The van der Waals surface area contributed by atoms with Gasteiger partial charge in [-0.3, -0.25) is 4.79 Å². The minimum atomic E-state index is -0.198. The molecule has 0 bridgehead atoms. The number of unbranched alkanes of at least 4 members (excludes halogenated alkanes) is 1. The number of benzene rings is 1. The summed E-state index contributed by atoms with van der Waals surface area (Å²) in [6.07, 6.45) is 4.09. The third kappa shape index (κ3) is 4.06. The van der Waals surface area contributed by atoms with Crippen LogP contribution in [0.5, 0.6) is 5.75 Å². The molecule has 1 aromatic rings. The van der Waals surface area contributed by atoms with E-state index in [4.69, 9.17) is 0 Å². The van der Waals surface area contributed by atoms with Gasteiger partial charge in [0.1, 0.15) is 5.75 Å². The van der Waals surface area contributed by atoms with E-state index in [2.05, 4.69) is 11.7 Å². The van der Waals surface area contributed by atoms with E-state index in [1.807, 2.05) is 19.1 Å². The van der Waals surface area contributed by atoms with Gasteiger partial charge < -0.3 is 9.84 Å². The van der Waals surface area contributed by atoms with Crippen LogP contribution in [-0.4, -0.2) is 18.2 Å². The second-order valence-electron chi connectivity index (χ2n) is 4.60. The van der Waals surface area contributed by atoms with Gasteiger partial charge in [-0.05, 0) is 42.9 Å². The fourth-order valence-corrected chi connectivity index (χ4v) is 1.98. The molecular formula is C15H22O3. The predicted octanol–water partition coefficient (Wildman–Crippen LogP) is 3.15. The SMILES string of the molecule is CCCCc1cc(CCC(=O)OC)cc(C)c1O. The van der Waals surface area contributed by atoms with Crippen LogP contribution in [0.3, 0.4) is 0 Å². The van der Waals surface area contributed by atoms with E-state index in [0.717, 1.165) is 36.0 Å². The lowest BCUT2D eigenvalue weighted by Gasteiger charge is -2.10. The van der Waals surface area contributed by atoms with Crippen LogP contribution in [0.15, 0.2) is 12.1 Å². The molecule has 0 radical (unpaired) electrons. The number of methoxy groups -OCH3 is 1. The molecule has 100 valence electrons. The number of carbonyl (C=O) groups is 1. The number of ether oxygens (including phenoxy) is 1. The van der Waals surface area contributed by atoms with Crippen molar-refractivity contribution in [3.05, 3.63) is 28.8 Å². The summed E-state index contributed by atoms with van der Waals surface area (Å²) in [6.45, 7) is 4.03. The van der Waals surface area contributed by atoms with Gasteiger partial charge >= 0.3 is 5.97 Å². The first-order valence-corrected chi connectivity index (χ1v) is 6.46. The normalized spacial score (nSPS) is 10.4. The standard InChI is InChI=1S/C15H22O3/c1-4-5-6-13-10-12(7-8-14(16)18-3)9-11(2)15(13)17/h9-10,17H,4-8H2,1-3H3. The van der Waals surface area contributed by atoms with E-state index in [1.165, 1.54) is 7.11 Å². The Bertz CT molecular complexity index is 410. The number of esters is 1. The molecule has 0 fully saturated rings. The van der Waals surface area contributed by atoms with Crippen LogP contribution in [0.1, 0.15) is 42.9 Å². The molecule has 0 saturated heterocycles. The Morgan fingerprint density at radius 3 is 2.67 bits per heavy atom. The van der Waals surface area contributed by atoms with Crippen LogP contribution in [0.25, 0.3) is 0 Å². The third-order valence-electron chi connectivity index (χ3n) is 3.08. The summed E-state index contributed by atoms with van der Waals surface area (Å²) in [5, 5.41) is 9.98. The molecular weight excluding hydrogens is 228 g/mol. The fraction of sp³-hybridized carbons (Fsp3) is 0.533. The lowest BCUT2D eigenvalue weighted by atomic mass is 9.98. The number of phenolic OH excluding ortho intramolecular Hbond substituents is 1. The van der Waals surface area contributed by atoms with Gasteiger partial charge in [-0.15, -0.1) is 0 Å². The average Bonchev–Trinajstić information content (AvgIpc) is 2.37. The van der Waals surface area contributed by atoms with Gasteiger partial charge in [-0.1, -0.05) is 25.5 Å². The van der Waals surface area contributed by atoms with E-state index in [-0.39, 0.29) is 5.97 Å². The van der Waals surface area contributed by atoms with Crippen molar-refractivity contribution in [2.45, 2.75) is 46.0 Å². The minimum Gasteiger partial charge on any atom is -0.507 e. The van der Waals surface area contributed by atoms with E-state index in [1.54, 1.807) is 0 Å². The maximum Gasteiger partial charge on any atom is 0.305 e. The summed E-state index contributed by atoms with van der Waals surface area (Å²) in [6, 6.07) is 3.94. The zero-order chi connectivity index (χ0) is 13.5. The van der Waals surface area contributed by atoms with Crippen LogP contribution in [-0.2, 0) is 22.4 Å². The molecule has 3 nitrogen and oxygen atoms in total. The molecule has 0 aliphatic heterocycles. The smallest absolute Gasteiger partial charge is 0.305 e. The van der Waals surface area contributed by atoms with Crippen LogP contribution < -0.4 is 0 Å². The van der Waals surface area contributed by atoms with E-state index in [0.29, 0.717) is 18.6 Å². The Balaban J connectivity index is 2.80. The quantitative estimate of drug-likeness (QED) is 0.789. The number of aromatic hydroxyl groups is 1. The minimum absolute atomic E-state index is 0.198. The van der Waals surface area contributed by atoms with Crippen molar-refractivity contribution in [1.29, 1.82) is 0 Å². The molecule has 0 aromatic heterocycles. The summed E-state index contributed by atoms with van der Waals surface area (Å²) in [5.74, 6) is 0.195. The fourth-order valence-electron chi connectivity index (χ4n) is 1.98. The molecule has 1 aromatic carbocycles. The highest BCUT2D eigenvalue weighted by Crippen LogP contribution is 2.26. The molecule has 18 heavy (non-hydrogen) atoms. The number of aryl methyl sites for hydroxylation is 3. The molecule has 0 saturated carbocycles. The van der Waals surface area contributed by atoms with Crippen molar-refractivity contribution in [1.82, 2.24) is 0 Å². The Kier molecular flexibility index (Phi) is 5.69. The number of rotatable bonds is 6. The van der Waals surface area contributed by atoms with Gasteiger partial charge in [-0.2, -0.15) is 0 Å². The van der Waals surface area contributed by atoms with Gasteiger partial charge in [0.05, 0.1) is 7.11 Å². The molecule has 0 unspecified atom stereocenters. The van der Waals surface area contributed by atoms with E-state index in [9.17, 15) is 9.90 Å². The second kappa shape index (κ2) is 7.04. The number of phenols is 1. The number of hydrogen-bond acceptors (Lipinski definition) is 3. The second-order valence-corrected chi connectivity index (χ2v) is 4.60. The molecule has 0 spiro atoms. The molecule has 1 rings (SSSR count). The maximum atomic E-state index is 11.1. The predicted molar refractivity (Wildman–Crippen MR) is 71.8 cm³/mol. The first-order valence-electron chi connectivity index (χ1n) is 6.46. The van der Waals surface area contributed by atoms with Gasteiger partial charge in [0, 0.05) is 6.42 Å². The zero-order valence-corrected chi connectivity index (χ0v) is 11.5. The molecule has 0 atom stereocenters. The lowest BCUT2D eigenvalue weighted by molar-refractivity contribution is -0.140. The molecule has 0 aliphatic carbocycles. The van der Waals surface area contributed by atoms with Crippen LogP contribution >= 0.6 is 0 Å². The Labute approximate surface area is 109 Å². The Morgan fingerprint density at radius 1 is 1.33 bits per heavy atom. The Hall–Kier alpha value is -1.51. The molecule has 0 aliphatic rings. The highest BCUT2D eigenvalue weighted by Gasteiger charge is 2.08. The lowest BCUT2D eigenvalue weighted by Crippen LogP contribution is -2.02. The average molecular weight is 250 g/mol. The van der Waals surface area contributed by atoms with Crippen molar-refractivity contribution < 1.29 is 14.6 Å². The first-order chi connectivity index (χ1) is 8.58. The van der Waals surface area contributed by atoms with Gasteiger partial charge in [-0.25, -0.2) is 0 Å². The van der Waals surface area contributed by atoms with Gasteiger partial charge in [0.25, 0.3) is 0 Å². The summed E-state index contributed by atoms with van der Waals surface area (Å²) < 4.78 is 4.63. The number of carbonyl (C=O) groups excluding carboxylic acids is 1. The number of hydrogen-bond donors (Lipinski definition) is 1. The van der Waals surface area contributed by atoms with Gasteiger partial charge in [0.15, 0.2) is 0 Å². The van der Waals surface area contributed by atoms with E-state index < -0.39 is 0 Å². The topological polar surface area (TPSA) is 46.5 Å². The maximum absolute atomic E-state index is 11.1. The molecule has 0 amide bonds. The van der Waals surface area contributed by atoms with Crippen molar-refractivity contribution in [3.63, 3.8) is 0 Å². The molecule has 3 heteroatoms. The monoisotopic (exact) mass is 250 g/mol. The highest BCUT2D eigenvalue weighted by atomic mass is 16.5. The van der Waals surface area contributed by atoms with E-state index >= 15 is 0 Å². The van der Waals surface area contributed by atoms with Crippen molar-refractivity contribution in [3.8, 4) is 5.75 Å².